The average molecular weight is 339 g/mol. The lowest BCUT2D eigenvalue weighted by molar-refractivity contribution is 1.29. The Bertz CT molecular complexity index is 408. The van der Waals surface area contributed by atoms with Gasteiger partial charge in [0.05, 0.1) is 15.9 Å². The zero-order chi connectivity index (χ0) is 9.26. The summed E-state index contributed by atoms with van der Waals surface area (Å²) in [6.45, 7) is 0. The molecule has 5 heteroatoms. The third-order valence-electron chi connectivity index (χ3n) is 1.49. The molecule has 0 aromatic carbocycles. The molecule has 0 amide bonds. The molecule has 0 aliphatic heterocycles. The van der Waals surface area contributed by atoms with Gasteiger partial charge in [0.25, 0.3) is 0 Å². The van der Waals surface area contributed by atoms with Crippen LogP contribution in [0, 0.1) is 0 Å². The number of nitrogens with zero attached hydrogens (tertiary/aromatic N) is 1. The van der Waals surface area contributed by atoms with E-state index in [2.05, 4.69) is 53.7 Å². The van der Waals surface area contributed by atoms with Crippen molar-refractivity contribution in [2.45, 2.75) is 5.33 Å². The fourth-order valence-electron chi connectivity index (χ4n) is 0.933. The Balaban J connectivity index is 2.35. The Hall–Kier alpha value is 0.290. The Kier molecular flexibility index (Phi) is 3.18. The molecule has 68 valence electrons. The Morgan fingerprint density at radius 2 is 2.15 bits per heavy atom. The monoisotopic (exact) mass is 337 g/mol. The van der Waals surface area contributed by atoms with E-state index in [0.29, 0.717) is 0 Å². The number of aromatic nitrogens is 1. The summed E-state index contributed by atoms with van der Waals surface area (Å²) in [5.74, 6) is 0. The maximum Gasteiger partial charge on any atom is 0.104 e. The van der Waals surface area contributed by atoms with Crippen molar-refractivity contribution < 1.29 is 0 Å². The molecule has 0 aliphatic carbocycles. The maximum atomic E-state index is 4.47. The fraction of sp³-hybridized carbons (Fsp3) is 0.125. The van der Waals surface area contributed by atoms with Crippen LogP contribution in [0.3, 0.4) is 0 Å². The van der Waals surface area contributed by atoms with Gasteiger partial charge in [0.1, 0.15) is 5.01 Å². The van der Waals surface area contributed by atoms with Crippen LogP contribution in [0.25, 0.3) is 10.6 Å². The fourth-order valence-corrected chi connectivity index (χ4v) is 3.56. The third-order valence-corrected chi connectivity index (χ3v) is 4.95. The van der Waals surface area contributed by atoms with E-state index in [0.717, 1.165) is 20.5 Å². The molecular weight excluding hydrogens is 334 g/mol. The normalized spacial score (nSPS) is 10.6. The number of halogens is 2. The van der Waals surface area contributed by atoms with Gasteiger partial charge in [-0.25, -0.2) is 4.98 Å². The zero-order valence-corrected chi connectivity index (χ0v) is 11.3. The first-order valence-corrected chi connectivity index (χ1v) is 7.22. The number of hydrogen-bond acceptors (Lipinski definition) is 3. The molecule has 0 N–H and O–H groups in total. The molecule has 13 heavy (non-hydrogen) atoms. The van der Waals surface area contributed by atoms with Crippen molar-refractivity contribution >= 4 is 54.5 Å². The van der Waals surface area contributed by atoms with Crippen molar-refractivity contribution in [2.75, 3.05) is 0 Å². The summed E-state index contributed by atoms with van der Waals surface area (Å²) in [6.07, 6.45) is 0. The Morgan fingerprint density at radius 3 is 2.69 bits per heavy atom. The predicted octanol–water partition coefficient (Wildman–Crippen LogP) is 4.53. The SMILES string of the molecule is BrCc1nc(-c2cc(Br)cs2)cs1. The first-order valence-electron chi connectivity index (χ1n) is 3.54. The highest BCUT2D eigenvalue weighted by Crippen LogP contribution is 2.30. The second-order valence-corrected chi connectivity index (χ2v) is 5.72. The Morgan fingerprint density at radius 1 is 1.31 bits per heavy atom. The standard InChI is InChI=1S/C8H5Br2NS2/c9-2-8-11-6(4-13-8)7-1-5(10)3-12-7/h1,3-4H,2H2. The van der Waals surface area contributed by atoms with Gasteiger partial charge in [0, 0.05) is 15.2 Å². The van der Waals surface area contributed by atoms with Gasteiger partial charge in [0.2, 0.25) is 0 Å². The van der Waals surface area contributed by atoms with Crippen molar-refractivity contribution in [2.24, 2.45) is 0 Å². The summed E-state index contributed by atoms with van der Waals surface area (Å²) in [4.78, 5) is 5.69. The highest BCUT2D eigenvalue weighted by Gasteiger charge is 2.05. The van der Waals surface area contributed by atoms with Crippen LogP contribution in [0.1, 0.15) is 5.01 Å². The molecule has 2 aromatic rings. The van der Waals surface area contributed by atoms with Crippen LogP contribution in [0.2, 0.25) is 0 Å². The summed E-state index contributed by atoms with van der Waals surface area (Å²) in [5.41, 5.74) is 1.08. The topological polar surface area (TPSA) is 12.9 Å². The van der Waals surface area contributed by atoms with Crippen LogP contribution in [-0.4, -0.2) is 4.98 Å². The lowest BCUT2D eigenvalue weighted by Crippen LogP contribution is -1.74. The molecule has 0 fully saturated rings. The first kappa shape index (κ1) is 9.83. The Labute approximate surface area is 101 Å². The van der Waals surface area contributed by atoms with Crippen molar-refractivity contribution in [3.63, 3.8) is 0 Å². The molecule has 2 aromatic heterocycles. The van der Waals surface area contributed by atoms with Crippen LogP contribution in [-0.2, 0) is 5.33 Å². The van der Waals surface area contributed by atoms with Crippen molar-refractivity contribution in [1.29, 1.82) is 0 Å². The van der Waals surface area contributed by atoms with Gasteiger partial charge >= 0.3 is 0 Å². The number of alkyl halides is 1. The number of hydrogen-bond donors (Lipinski definition) is 0. The van der Waals surface area contributed by atoms with E-state index in [1.165, 1.54) is 4.88 Å². The van der Waals surface area contributed by atoms with Gasteiger partial charge in [-0.05, 0) is 22.0 Å². The van der Waals surface area contributed by atoms with E-state index < -0.39 is 0 Å². The summed E-state index contributed by atoms with van der Waals surface area (Å²) in [6, 6.07) is 2.09. The summed E-state index contributed by atoms with van der Waals surface area (Å²) in [7, 11) is 0. The zero-order valence-electron chi connectivity index (χ0n) is 6.46. The molecular formula is C8H5Br2NS2. The van der Waals surface area contributed by atoms with Crippen molar-refractivity contribution in [3.8, 4) is 10.6 Å². The van der Waals surface area contributed by atoms with Crippen molar-refractivity contribution in [3.05, 3.63) is 26.3 Å². The highest BCUT2D eigenvalue weighted by molar-refractivity contribution is 9.10. The van der Waals surface area contributed by atoms with E-state index in [1.807, 2.05) is 0 Å². The second-order valence-electron chi connectivity index (χ2n) is 2.39. The van der Waals surface area contributed by atoms with Gasteiger partial charge in [-0.2, -0.15) is 0 Å². The van der Waals surface area contributed by atoms with Gasteiger partial charge in [0.15, 0.2) is 0 Å². The minimum Gasteiger partial charge on any atom is -0.239 e. The molecule has 0 saturated heterocycles. The molecule has 0 spiro atoms. The molecule has 2 rings (SSSR count). The maximum absolute atomic E-state index is 4.47. The van der Waals surface area contributed by atoms with E-state index in [1.54, 1.807) is 22.7 Å². The van der Waals surface area contributed by atoms with E-state index in [9.17, 15) is 0 Å². The summed E-state index contributed by atoms with van der Waals surface area (Å²) < 4.78 is 1.13. The highest BCUT2D eigenvalue weighted by atomic mass is 79.9. The molecule has 1 nitrogen and oxygen atoms in total. The minimum absolute atomic E-state index is 0.838. The number of thiazole rings is 1. The van der Waals surface area contributed by atoms with Crippen LogP contribution in [0.5, 0.6) is 0 Å². The molecule has 0 unspecified atom stereocenters. The minimum atomic E-state index is 0.838. The van der Waals surface area contributed by atoms with Crippen LogP contribution < -0.4 is 0 Å². The van der Waals surface area contributed by atoms with E-state index >= 15 is 0 Å². The molecule has 0 saturated carbocycles. The first-order chi connectivity index (χ1) is 6.29. The van der Waals surface area contributed by atoms with Gasteiger partial charge in [-0.3, -0.25) is 0 Å². The van der Waals surface area contributed by atoms with Crippen LogP contribution >= 0.6 is 54.5 Å². The van der Waals surface area contributed by atoms with E-state index in [-0.39, 0.29) is 0 Å². The largest absolute Gasteiger partial charge is 0.239 e. The van der Waals surface area contributed by atoms with Gasteiger partial charge in [-0.1, -0.05) is 15.9 Å². The van der Waals surface area contributed by atoms with E-state index in [4.69, 9.17) is 0 Å². The molecule has 0 radical (unpaired) electrons. The van der Waals surface area contributed by atoms with Crippen LogP contribution in [0.15, 0.2) is 21.3 Å². The van der Waals surface area contributed by atoms with Crippen LogP contribution in [0.4, 0.5) is 0 Å². The average Bonchev–Trinajstić information content (AvgIpc) is 2.71. The second kappa shape index (κ2) is 4.21. The predicted molar refractivity (Wildman–Crippen MR) is 65.8 cm³/mol. The molecule has 0 bridgehead atoms. The smallest absolute Gasteiger partial charge is 0.104 e. The summed E-state index contributed by atoms with van der Waals surface area (Å²) in [5, 5.41) is 6.13. The number of thiophene rings is 1. The summed E-state index contributed by atoms with van der Waals surface area (Å²) >= 11 is 10.2. The third kappa shape index (κ3) is 2.21. The number of rotatable bonds is 2. The lowest BCUT2D eigenvalue weighted by Gasteiger charge is -1.86. The van der Waals surface area contributed by atoms with Crippen molar-refractivity contribution in [1.82, 2.24) is 4.98 Å². The quantitative estimate of drug-likeness (QED) is 0.733. The molecule has 0 aliphatic rings. The van der Waals surface area contributed by atoms with Gasteiger partial charge < -0.3 is 0 Å². The lowest BCUT2D eigenvalue weighted by atomic mass is 10.4. The molecule has 0 atom stereocenters. The van der Waals surface area contributed by atoms with Gasteiger partial charge in [-0.15, -0.1) is 22.7 Å². The molecule has 2 heterocycles.